The van der Waals surface area contributed by atoms with Crippen LogP contribution in [0.5, 0.6) is 0 Å². The number of hydrogen-bond acceptors (Lipinski definition) is 4. The van der Waals surface area contributed by atoms with Crippen LogP contribution in [0.4, 0.5) is 5.13 Å². The summed E-state index contributed by atoms with van der Waals surface area (Å²) in [6.07, 6.45) is 3.23. The van der Waals surface area contributed by atoms with Crippen molar-refractivity contribution in [2.75, 3.05) is 5.32 Å². The van der Waals surface area contributed by atoms with E-state index >= 15 is 0 Å². The van der Waals surface area contributed by atoms with Crippen LogP contribution in [-0.2, 0) is 4.79 Å². The van der Waals surface area contributed by atoms with Gasteiger partial charge in [-0.15, -0.1) is 11.3 Å². The number of amides is 1. The molecule has 0 saturated heterocycles. The van der Waals surface area contributed by atoms with Crippen molar-refractivity contribution in [3.63, 3.8) is 0 Å². The number of benzene rings is 1. The Morgan fingerprint density at radius 1 is 1.24 bits per heavy atom. The van der Waals surface area contributed by atoms with Crippen molar-refractivity contribution in [1.29, 1.82) is 0 Å². The maximum absolute atomic E-state index is 11.9. The Bertz CT molecular complexity index is 786. The zero-order valence-corrected chi connectivity index (χ0v) is 13.6. The summed E-state index contributed by atoms with van der Waals surface area (Å²) in [4.78, 5) is 17.2. The lowest BCUT2D eigenvalue weighted by atomic mass is 10.3. The SMILES string of the molecule is O=C(/C=C/c1cccs1)Nc1nc2c(Cl)ccc(Cl)c2s1. The molecule has 1 aromatic carbocycles. The highest BCUT2D eigenvalue weighted by Gasteiger charge is 2.11. The molecule has 0 bridgehead atoms. The van der Waals surface area contributed by atoms with E-state index in [0.717, 1.165) is 9.58 Å². The molecule has 0 radical (unpaired) electrons. The standard InChI is InChI=1S/C14H8Cl2N2OS2/c15-9-4-5-10(16)13-12(9)18-14(21-13)17-11(19)6-3-8-2-1-7-20-8/h1-7H,(H,17,18,19)/b6-3+. The van der Waals surface area contributed by atoms with Gasteiger partial charge in [0.1, 0.15) is 5.52 Å². The van der Waals surface area contributed by atoms with Gasteiger partial charge in [-0.3, -0.25) is 10.1 Å². The second-order valence-corrected chi connectivity index (χ2v) is 6.86. The number of nitrogens with zero attached hydrogens (tertiary/aromatic N) is 1. The minimum absolute atomic E-state index is 0.241. The fourth-order valence-corrected chi connectivity index (χ4v) is 3.73. The van der Waals surface area contributed by atoms with Gasteiger partial charge in [-0.1, -0.05) is 40.6 Å². The maximum atomic E-state index is 11.9. The number of carbonyl (C=O) groups is 1. The molecule has 0 spiro atoms. The summed E-state index contributed by atoms with van der Waals surface area (Å²) < 4.78 is 0.765. The summed E-state index contributed by atoms with van der Waals surface area (Å²) in [5, 5.41) is 6.23. The molecule has 0 aliphatic rings. The van der Waals surface area contributed by atoms with Gasteiger partial charge in [-0.2, -0.15) is 0 Å². The normalized spacial score (nSPS) is 11.3. The van der Waals surface area contributed by atoms with Gasteiger partial charge in [0.25, 0.3) is 0 Å². The number of thiazole rings is 1. The molecule has 21 heavy (non-hydrogen) atoms. The molecule has 0 fully saturated rings. The fraction of sp³-hybridized carbons (Fsp3) is 0. The number of nitrogens with one attached hydrogen (secondary N) is 1. The largest absolute Gasteiger partial charge is 0.298 e. The molecule has 106 valence electrons. The highest BCUT2D eigenvalue weighted by Crippen LogP contribution is 2.35. The molecule has 0 aliphatic carbocycles. The fourth-order valence-electron chi connectivity index (χ4n) is 1.69. The Morgan fingerprint density at radius 3 is 2.76 bits per heavy atom. The summed E-state index contributed by atoms with van der Waals surface area (Å²) in [6.45, 7) is 0. The third kappa shape index (κ3) is 3.27. The van der Waals surface area contributed by atoms with Crippen molar-refractivity contribution < 1.29 is 4.79 Å². The predicted octanol–water partition coefficient (Wildman–Crippen LogP) is 5.32. The molecule has 7 heteroatoms. The van der Waals surface area contributed by atoms with Crippen molar-refractivity contribution in [2.45, 2.75) is 0 Å². The van der Waals surface area contributed by atoms with Crippen LogP contribution in [-0.4, -0.2) is 10.9 Å². The molecule has 2 aromatic heterocycles. The molecule has 3 nitrogen and oxygen atoms in total. The zero-order valence-electron chi connectivity index (χ0n) is 10.5. The van der Waals surface area contributed by atoms with Crippen LogP contribution in [0.2, 0.25) is 10.0 Å². The third-order valence-electron chi connectivity index (χ3n) is 2.62. The first kappa shape index (κ1) is 14.5. The number of fused-ring (bicyclic) bond motifs is 1. The second-order valence-electron chi connectivity index (χ2n) is 4.06. The van der Waals surface area contributed by atoms with E-state index in [0.29, 0.717) is 20.7 Å². The van der Waals surface area contributed by atoms with Crippen LogP contribution >= 0.6 is 45.9 Å². The summed E-state index contributed by atoms with van der Waals surface area (Å²) in [5.74, 6) is -0.241. The Hall–Kier alpha value is -1.40. The van der Waals surface area contributed by atoms with Crippen LogP contribution in [0.15, 0.2) is 35.7 Å². The first-order valence-electron chi connectivity index (χ1n) is 5.90. The van der Waals surface area contributed by atoms with Crippen LogP contribution in [0.25, 0.3) is 16.3 Å². The smallest absolute Gasteiger partial charge is 0.250 e. The Balaban J connectivity index is 1.80. The first-order chi connectivity index (χ1) is 10.1. The number of carbonyl (C=O) groups excluding carboxylic acids is 1. The third-order valence-corrected chi connectivity index (χ3v) is 5.19. The van der Waals surface area contributed by atoms with Crippen LogP contribution < -0.4 is 5.32 Å². The van der Waals surface area contributed by atoms with Gasteiger partial charge in [0.2, 0.25) is 5.91 Å². The number of hydrogen-bond donors (Lipinski definition) is 1. The van der Waals surface area contributed by atoms with Gasteiger partial charge in [0.15, 0.2) is 5.13 Å². The molecule has 3 aromatic rings. The summed E-state index contributed by atoms with van der Waals surface area (Å²) >= 11 is 15.0. The van der Waals surface area contributed by atoms with Gasteiger partial charge >= 0.3 is 0 Å². The number of thiophene rings is 1. The van der Waals surface area contributed by atoms with Gasteiger partial charge in [-0.25, -0.2) is 4.98 Å². The lowest BCUT2D eigenvalue weighted by Crippen LogP contribution is -2.06. The van der Waals surface area contributed by atoms with Gasteiger partial charge < -0.3 is 0 Å². The van der Waals surface area contributed by atoms with E-state index in [9.17, 15) is 4.79 Å². The average Bonchev–Trinajstić information content (AvgIpc) is 3.10. The number of aromatic nitrogens is 1. The molecule has 0 aliphatic heterocycles. The highest BCUT2D eigenvalue weighted by atomic mass is 35.5. The highest BCUT2D eigenvalue weighted by molar-refractivity contribution is 7.23. The van der Waals surface area contributed by atoms with Crippen molar-refractivity contribution in [1.82, 2.24) is 4.98 Å². The maximum Gasteiger partial charge on any atom is 0.250 e. The summed E-state index contributed by atoms with van der Waals surface area (Å²) in [5.41, 5.74) is 0.603. The molecule has 2 heterocycles. The predicted molar refractivity (Wildman–Crippen MR) is 91.6 cm³/mol. The molecular weight excluding hydrogens is 347 g/mol. The van der Waals surface area contributed by atoms with Crippen LogP contribution in [0.1, 0.15) is 4.88 Å². The number of rotatable bonds is 3. The monoisotopic (exact) mass is 354 g/mol. The molecule has 3 rings (SSSR count). The van der Waals surface area contributed by atoms with E-state index in [2.05, 4.69) is 10.3 Å². The quantitative estimate of drug-likeness (QED) is 0.647. The Kier molecular flexibility index (Phi) is 4.26. The average molecular weight is 355 g/mol. The van der Waals surface area contributed by atoms with E-state index in [1.165, 1.54) is 17.4 Å². The molecule has 0 saturated carbocycles. The Morgan fingerprint density at radius 2 is 2.05 bits per heavy atom. The summed E-state index contributed by atoms with van der Waals surface area (Å²) in [6, 6.07) is 7.27. The lowest BCUT2D eigenvalue weighted by molar-refractivity contribution is -0.111. The van der Waals surface area contributed by atoms with Gasteiger partial charge in [0.05, 0.1) is 14.7 Å². The van der Waals surface area contributed by atoms with Crippen molar-refractivity contribution in [3.05, 3.63) is 50.6 Å². The first-order valence-corrected chi connectivity index (χ1v) is 8.36. The molecule has 0 unspecified atom stereocenters. The van der Waals surface area contributed by atoms with Crippen molar-refractivity contribution in [3.8, 4) is 0 Å². The van der Waals surface area contributed by atoms with E-state index in [-0.39, 0.29) is 5.91 Å². The number of anilines is 1. The van der Waals surface area contributed by atoms with Gasteiger partial charge in [0, 0.05) is 11.0 Å². The van der Waals surface area contributed by atoms with Gasteiger partial charge in [-0.05, 0) is 29.7 Å². The van der Waals surface area contributed by atoms with Crippen LogP contribution in [0, 0.1) is 0 Å². The molecule has 1 N–H and O–H groups in total. The zero-order chi connectivity index (χ0) is 14.8. The number of halogens is 2. The lowest BCUT2D eigenvalue weighted by Gasteiger charge is -1.94. The van der Waals surface area contributed by atoms with E-state index < -0.39 is 0 Å². The molecule has 0 atom stereocenters. The van der Waals surface area contributed by atoms with Crippen molar-refractivity contribution >= 4 is 73.2 Å². The minimum Gasteiger partial charge on any atom is -0.298 e. The van der Waals surface area contributed by atoms with Crippen LogP contribution in [0.3, 0.4) is 0 Å². The van der Waals surface area contributed by atoms with E-state index in [1.807, 2.05) is 17.5 Å². The minimum atomic E-state index is -0.241. The Labute approximate surface area is 138 Å². The molecule has 1 amide bonds. The topological polar surface area (TPSA) is 42.0 Å². The molecular formula is C14H8Cl2N2OS2. The van der Waals surface area contributed by atoms with E-state index in [1.54, 1.807) is 29.5 Å². The summed E-state index contributed by atoms with van der Waals surface area (Å²) in [7, 11) is 0. The van der Waals surface area contributed by atoms with Crippen molar-refractivity contribution in [2.24, 2.45) is 0 Å². The second kappa shape index (κ2) is 6.15. The van der Waals surface area contributed by atoms with E-state index in [4.69, 9.17) is 23.2 Å².